The summed E-state index contributed by atoms with van der Waals surface area (Å²) in [7, 11) is 0.334. The number of fused-ring (bicyclic) bond motifs is 1. The highest BCUT2D eigenvalue weighted by atomic mass is 28.3. The first kappa shape index (κ1) is 14.1. The molecular formula is C16H23NOSi. The molecule has 1 aromatic carbocycles. The minimum Gasteiger partial charge on any atom is -0.497 e. The van der Waals surface area contributed by atoms with E-state index in [-0.39, 0.29) is 0 Å². The summed E-state index contributed by atoms with van der Waals surface area (Å²) in [6.07, 6.45) is 1.97. The van der Waals surface area contributed by atoms with Crippen LogP contribution in [0.25, 0.3) is 10.9 Å². The quantitative estimate of drug-likeness (QED) is 0.769. The predicted molar refractivity (Wildman–Crippen MR) is 85.1 cm³/mol. The van der Waals surface area contributed by atoms with E-state index in [9.17, 15) is 0 Å². The Balaban J connectivity index is 2.71. The number of ether oxygens (including phenoxy) is 1. The van der Waals surface area contributed by atoms with Gasteiger partial charge in [0.25, 0.3) is 0 Å². The van der Waals surface area contributed by atoms with Gasteiger partial charge in [-0.3, -0.25) is 4.98 Å². The normalized spacial score (nSPS) is 11.8. The van der Waals surface area contributed by atoms with E-state index in [4.69, 9.17) is 4.74 Å². The summed E-state index contributed by atoms with van der Waals surface area (Å²) in [4.78, 5) is 4.50. The standard InChI is InChI=1S/C16H23NOSi/c1-5-19(6-2,7-3)16-10-11-17-15-9-8-13(18-4)12-14(15)16/h8-12H,5-7H2,1-4H3. The summed E-state index contributed by atoms with van der Waals surface area (Å²) >= 11 is 0. The fraction of sp³-hybridized carbons (Fsp3) is 0.438. The Hall–Kier alpha value is -1.35. The minimum atomic E-state index is -1.39. The fourth-order valence-corrected chi connectivity index (χ4v) is 6.88. The number of nitrogens with zero attached hydrogens (tertiary/aromatic N) is 1. The summed E-state index contributed by atoms with van der Waals surface area (Å²) in [5, 5.41) is 2.84. The maximum atomic E-state index is 5.38. The molecule has 19 heavy (non-hydrogen) atoms. The topological polar surface area (TPSA) is 22.1 Å². The van der Waals surface area contributed by atoms with Gasteiger partial charge in [0.05, 0.1) is 20.7 Å². The highest BCUT2D eigenvalue weighted by molar-refractivity contribution is 6.93. The molecule has 0 bridgehead atoms. The number of rotatable bonds is 5. The van der Waals surface area contributed by atoms with Gasteiger partial charge in [0.1, 0.15) is 5.75 Å². The molecule has 0 aliphatic heterocycles. The van der Waals surface area contributed by atoms with Crippen LogP contribution in [0.2, 0.25) is 18.1 Å². The van der Waals surface area contributed by atoms with Crippen LogP contribution in [-0.4, -0.2) is 20.2 Å². The van der Waals surface area contributed by atoms with Crippen LogP contribution in [0.15, 0.2) is 30.5 Å². The Morgan fingerprint density at radius 2 is 1.74 bits per heavy atom. The van der Waals surface area contributed by atoms with E-state index >= 15 is 0 Å². The van der Waals surface area contributed by atoms with Gasteiger partial charge in [-0.2, -0.15) is 0 Å². The van der Waals surface area contributed by atoms with Crippen molar-refractivity contribution in [3.8, 4) is 5.75 Å². The Labute approximate surface area is 116 Å². The lowest BCUT2D eigenvalue weighted by Gasteiger charge is -2.29. The summed E-state index contributed by atoms with van der Waals surface area (Å²) in [5.41, 5.74) is 1.09. The van der Waals surface area contributed by atoms with Crippen LogP contribution in [-0.2, 0) is 0 Å². The van der Waals surface area contributed by atoms with Gasteiger partial charge < -0.3 is 4.74 Å². The summed E-state index contributed by atoms with van der Waals surface area (Å²) in [6.45, 7) is 7.02. The Kier molecular flexibility index (Phi) is 4.25. The lowest BCUT2D eigenvalue weighted by Crippen LogP contribution is -2.46. The molecule has 0 spiro atoms. The molecule has 2 nitrogen and oxygen atoms in total. The van der Waals surface area contributed by atoms with E-state index in [0.29, 0.717) is 0 Å². The van der Waals surface area contributed by atoms with E-state index in [1.165, 1.54) is 23.5 Å². The molecule has 0 aliphatic carbocycles. The molecule has 0 fully saturated rings. The van der Waals surface area contributed by atoms with E-state index in [1.807, 2.05) is 12.3 Å². The van der Waals surface area contributed by atoms with Crippen LogP contribution in [0.3, 0.4) is 0 Å². The number of benzene rings is 1. The SMILES string of the molecule is CC[Si](CC)(CC)c1ccnc2ccc(OC)cc12. The monoisotopic (exact) mass is 273 g/mol. The van der Waals surface area contributed by atoms with Crippen LogP contribution < -0.4 is 9.92 Å². The van der Waals surface area contributed by atoms with E-state index in [0.717, 1.165) is 11.3 Å². The van der Waals surface area contributed by atoms with Gasteiger partial charge in [-0.05, 0) is 29.5 Å². The molecule has 2 rings (SSSR count). The summed E-state index contributed by atoms with van der Waals surface area (Å²) < 4.78 is 5.38. The van der Waals surface area contributed by atoms with Gasteiger partial charge in [0.2, 0.25) is 0 Å². The average Bonchev–Trinajstić information content (AvgIpc) is 2.49. The molecule has 0 saturated heterocycles. The van der Waals surface area contributed by atoms with Crippen molar-refractivity contribution < 1.29 is 4.74 Å². The molecule has 3 heteroatoms. The zero-order chi connectivity index (χ0) is 13.9. The molecule has 1 heterocycles. The number of hydrogen-bond donors (Lipinski definition) is 0. The van der Waals surface area contributed by atoms with Crippen LogP contribution >= 0.6 is 0 Å². The molecule has 0 N–H and O–H groups in total. The minimum absolute atomic E-state index is 0.924. The number of methoxy groups -OCH3 is 1. The lowest BCUT2D eigenvalue weighted by atomic mass is 10.2. The van der Waals surface area contributed by atoms with Gasteiger partial charge in [-0.15, -0.1) is 0 Å². The third-order valence-corrected chi connectivity index (χ3v) is 10.2. The third-order valence-electron chi connectivity index (χ3n) is 4.55. The van der Waals surface area contributed by atoms with Gasteiger partial charge in [0.15, 0.2) is 0 Å². The summed E-state index contributed by atoms with van der Waals surface area (Å²) in [5.74, 6) is 0.924. The number of pyridine rings is 1. The van der Waals surface area contributed by atoms with Crippen LogP contribution in [0, 0.1) is 0 Å². The van der Waals surface area contributed by atoms with Crippen LogP contribution in [0.5, 0.6) is 5.75 Å². The number of aromatic nitrogens is 1. The second-order valence-corrected chi connectivity index (χ2v) is 10.3. The Bertz CT molecular complexity index is 555. The molecule has 0 aliphatic rings. The van der Waals surface area contributed by atoms with Crippen molar-refractivity contribution in [2.45, 2.75) is 38.9 Å². The molecule has 0 unspecified atom stereocenters. The van der Waals surface area contributed by atoms with Gasteiger partial charge in [0, 0.05) is 11.6 Å². The van der Waals surface area contributed by atoms with Crippen molar-refractivity contribution in [2.75, 3.05) is 7.11 Å². The third kappa shape index (κ3) is 2.39. The van der Waals surface area contributed by atoms with Crippen molar-refractivity contribution in [2.24, 2.45) is 0 Å². The first-order valence-corrected chi connectivity index (χ1v) is 9.76. The fourth-order valence-electron chi connectivity index (χ4n) is 3.04. The lowest BCUT2D eigenvalue weighted by molar-refractivity contribution is 0.415. The molecule has 2 aromatic rings. The van der Waals surface area contributed by atoms with Crippen molar-refractivity contribution in [3.05, 3.63) is 30.5 Å². The van der Waals surface area contributed by atoms with E-state index in [2.05, 4.69) is 44.0 Å². The second kappa shape index (κ2) is 5.74. The molecule has 0 radical (unpaired) electrons. The van der Waals surface area contributed by atoms with Crippen molar-refractivity contribution in [1.29, 1.82) is 0 Å². The molecule has 0 saturated carbocycles. The molecule has 0 amide bonds. The summed E-state index contributed by atoms with van der Waals surface area (Å²) in [6, 6.07) is 12.3. The molecule has 1 aromatic heterocycles. The van der Waals surface area contributed by atoms with Crippen molar-refractivity contribution in [3.63, 3.8) is 0 Å². The molecule has 0 atom stereocenters. The molecule has 102 valence electrons. The Morgan fingerprint density at radius 3 is 2.32 bits per heavy atom. The Morgan fingerprint density at radius 1 is 1.05 bits per heavy atom. The van der Waals surface area contributed by atoms with E-state index < -0.39 is 8.07 Å². The second-order valence-electron chi connectivity index (χ2n) is 5.08. The first-order chi connectivity index (χ1) is 9.20. The number of hydrogen-bond acceptors (Lipinski definition) is 2. The van der Waals surface area contributed by atoms with Crippen LogP contribution in [0.4, 0.5) is 0 Å². The largest absolute Gasteiger partial charge is 0.497 e. The van der Waals surface area contributed by atoms with Crippen LogP contribution in [0.1, 0.15) is 20.8 Å². The maximum Gasteiger partial charge on any atom is 0.119 e. The zero-order valence-electron chi connectivity index (χ0n) is 12.4. The van der Waals surface area contributed by atoms with Gasteiger partial charge in [-0.25, -0.2) is 0 Å². The van der Waals surface area contributed by atoms with Gasteiger partial charge >= 0.3 is 0 Å². The van der Waals surface area contributed by atoms with Crippen molar-refractivity contribution in [1.82, 2.24) is 4.98 Å². The van der Waals surface area contributed by atoms with Crippen molar-refractivity contribution >= 4 is 24.2 Å². The molecular weight excluding hydrogens is 250 g/mol. The van der Waals surface area contributed by atoms with Gasteiger partial charge in [-0.1, -0.05) is 38.9 Å². The highest BCUT2D eigenvalue weighted by Crippen LogP contribution is 2.25. The average molecular weight is 273 g/mol. The maximum absolute atomic E-state index is 5.38. The van der Waals surface area contributed by atoms with E-state index in [1.54, 1.807) is 12.3 Å². The predicted octanol–water partition coefficient (Wildman–Crippen LogP) is 3.96. The highest BCUT2D eigenvalue weighted by Gasteiger charge is 2.30. The first-order valence-electron chi connectivity index (χ1n) is 7.14. The smallest absolute Gasteiger partial charge is 0.119 e. The zero-order valence-corrected chi connectivity index (χ0v) is 13.4.